The molecule has 0 unspecified atom stereocenters. The maximum Gasteiger partial charge on any atom is 0.341 e. The van der Waals surface area contributed by atoms with Crippen molar-refractivity contribution < 1.29 is 13.6 Å². The maximum atomic E-state index is 14.8. The predicted octanol–water partition coefficient (Wildman–Crippen LogP) is 3.31. The number of urea groups is 1. The first-order chi connectivity index (χ1) is 18.8. The number of hydrazone groups is 1. The molecule has 13 heteroatoms. The summed E-state index contributed by atoms with van der Waals surface area (Å²) in [6, 6.07) is 7.18. The van der Waals surface area contributed by atoms with Crippen molar-refractivity contribution in [3.8, 4) is 23.4 Å². The normalized spacial score (nSPS) is 16.9. The second-order valence-corrected chi connectivity index (χ2v) is 9.26. The number of anilines is 1. The van der Waals surface area contributed by atoms with Crippen LogP contribution in [0.25, 0.3) is 11.3 Å². The Labute approximate surface area is 223 Å². The van der Waals surface area contributed by atoms with Crippen LogP contribution in [0.3, 0.4) is 0 Å². The first-order valence-electron chi connectivity index (χ1n) is 12.3. The summed E-state index contributed by atoms with van der Waals surface area (Å²) in [4.78, 5) is 25.5. The Bertz CT molecular complexity index is 1550. The highest BCUT2D eigenvalue weighted by molar-refractivity contribution is 5.79. The number of nitriles is 2. The molecule has 2 amide bonds. The third-order valence-electron chi connectivity index (χ3n) is 6.86. The Morgan fingerprint density at radius 3 is 2.62 bits per heavy atom. The molecular weight excluding hydrogens is 506 g/mol. The molecule has 11 nitrogen and oxygen atoms in total. The number of benzene rings is 1. The molecule has 2 aliphatic heterocycles. The summed E-state index contributed by atoms with van der Waals surface area (Å²) in [6.45, 7) is 5.05. The smallest absolute Gasteiger partial charge is 0.337 e. The molecule has 0 bridgehead atoms. The molecule has 198 valence electrons. The Morgan fingerprint density at radius 1 is 1.13 bits per heavy atom. The molecule has 1 atom stereocenters. The van der Waals surface area contributed by atoms with E-state index in [1.165, 1.54) is 15.8 Å². The van der Waals surface area contributed by atoms with Crippen LogP contribution in [-0.2, 0) is 6.54 Å². The van der Waals surface area contributed by atoms with Crippen LogP contribution >= 0.6 is 0 Å². The zero-order chi connectivity index (χ0) is 27.7. The fourth-order valence-corrected chi connectivity index (χ4v) is 4.93. The molecular formula is C26H24F2N10O. The molecule has 1 saturated heterocycles. The van der Waals surface area contributed by atoms with E-state index in [1.807, 2.05) is 17.0 Å². The van der Waals surface area contributed by atoms with Gasteiger partial charge in [-0.25, -0.2) is 28.6 Å². The zero-order valence-electron chi connectivity index (χ0n) is 21.3. The number of carbonyl (C=O) groups is 1. The van der Waals surface area contributed by atoms with E-state index in [9.17, 15) is 18.8 Å². The summed E-state index contributed by atoms with van der Waals surface area (Å²) in [6.07, 6.45) is 3.14. The molecule has 0 N–H and O–H groups in total. The van der Waals surface area contributed by atoms with Crippen LogP contribution in [-0.4, -0.2) is 68.1 Å². The zero-order valence-corrected chi connectivity index (χ0v) is 21.3. The van der Waals surface area contributed by atoms with Crippen molar-refractivity contribution in [3.05, 3.63) is 58.5 Å². The summed E-state index contributed by atoms with van der Waals surface area (Å²) in [5.41, 5.74) is 2.51. The minimum absolute atomic E-state index is 0.0445. The average molecular weight is 531 g/mol. The van der Waals surface area contributed by atoms with E-state index in [1.54, 1.807) is 31.0 Å². The van der Waals surface area contributed by atoms with Crippen LogP contribution in [0.15, 0.2) is 29.5 Å². The predicted molar refractivity (Wildman–Crippen MR) is 136 cm³/mol. The van der Waals surface area contributed by atoms with Gasteiger partial charge in [0.1, 0.15) is 18.1 Å². The Hall–Kier alpha value is -4.91. The van der Waals surface area contributed by atoms with Gasteiger partial charge in [-0.1, -0.05) is 0 Å². The summed E-state index contributed by atoms with van der Waals surface area (Å²) < 4.78 is 30.4. The molecule has 5 rings (SSSR count). The van der Waals surface area contributed by atoms with Gasteiger partial charge in [0.15, 0.2) is 5.82 Å². The topological polar surface area (TPSA) is 130 Å². The largest absolute Gasteiger partial charge is 0.341 e. The highest BCUT2D eigenvalue weighted by Gasteiger charge is 2.34. The SMILES string of the molecule is Cc1nn(CC#N)c(C)c1-c1nc(N2CCN(C(=O)N3N=CC[C@H]3c3cc(F)cc(C#N)c3)CC2)ncc1F. The first kappa shape index (κ1) is 25.7. The number of carbonyl (C=O) groups excluding carboxylic acids is 1. The van der Waals surface area contributed by atoms with Gasteiger partial charge in [0, 0.05) is 50.1 Å². The minimum atomic E-state index is -0.592. The van der Waals surface area contributed by atoms with Gasteiger partial charge >= 0.3 is 6.03 Å². The average Bonchev–Trinajstić information content (AvgIpc) is 3.53. The van der Waals surface area contributed by atoms with E-state index in [-0.39, 0.29) is 23.8 Å². The number of nitrogens with zero attached hydrogens (tertiary/aromatic N) is 10. The number of aromatic nitrogens is 4. The van der Waals surface area contributed by atoms with Crippen LogP contribution in [0.1, 0.15) is 35.0 Å². The molecule has 0 radical (unpaired) electrons. The van der Waals surface area contributed by atoms with Gasteiger partial charge in [0.05, 0.1) is 35.6 Å². The van der Waals surface area contributed by atoms with E-state index in [4.69, 9.17) is 5.26 Å². The minimum Gasteiger partial charge on any atom is -0.337 e. The number of amides is 2. The van der Waals surface area contributed by atoms with Crippen molar-refractivity contribution >= 4 is 18.2 Å². The summed E-state index contributed by atoms with van der Waals surface area (Å²) in [5.74, 6) is -0.810. The Balaban J connectivity index is 1.30. The number of hydrogen-bond acceptors (Lipinski definition) is 8. The van der Waals surface area contributed by atoms with E-state index < -0.39 is 17.7 Å². The standard InChI is InChI=1S/C26H24F2N10O/c1-16-23(17(2)37(34-16)6-4-29)24-21(28)15-31-25(33-24)35-7-9-36(10-8-35)26(39)38-22(3-5-32-38)19-11-18(14-30)12-20(27)13-19/h5,11-13,15,22H,3,6-10H2,1-2H3/t22-/m0/s1. The molecule has 4 heterocycles. The van der Waals surface area contributed by atoms with Crippen molar-refractivity contribution in [2.24, 2.45) is 5.10 Å². The molecule has 2 aliphatic rings. The summed E-state index contributed by atoms with van der Waals surface area (Å²) in [7, 11) is 0. The van der Waals surface area contributed by atoms with E-state index in [2.05, 4.69) is 20.2 Å². The molecule has 2 aromatic heterocycles. The van der Waals surface area contributed by atoms with Crippen molar-refractivity contribution in [3.63, 3.8) is 0 Å². The lowest BCUT2D eigenvalue weighted by Crippen LogP contribution is -2.52. The highest BCUT2D eigenvalue weighted by Crippen LogP contribution is 2.32. The fourth-order valence-electron chi connectivity index (χ4n) is 4.93. The second-order valence-electron chi connectivity index (χ2n) is 9.26. The lowest BCUT2D eigenvalue weighted by molar-refractivity contribution is 0.139. The number of aryl methyl sites for hydroxylation is 1. The Morgan fingerprint density at radius 2 is 1.90 bits per heavy atom. The summed E-state index contributed by atoms with van der Waals surface area (Å²) in [5, 5.41) is 28.1. The van der Waals surface area contributed by atoms with Gasteiger partial charge in [-0.05, 0) is 37.6 Å². The third-order valence-corrected chi connectivity index (χ3v) is 6.86. The Kier molecular flexibility index (Phi) is 6.90. The van der Waals surface area contributed by atoms with Crippen LogP contribution in [0.5, 0.6) is 0 Å². The monoisotopic (exact) mass is 530 g/mol. The number of hydrogen-bond donors (Lipinski definition) is 0. The molecule has 0 saturated carbocycles. The van der Waals surface area contributed by atoms with Crippen molar-refractivity contribution in [1.82, 2.24) is 29.7 Å². The van der Waals surface area contributed by atoms with Gasteiger partial charge in [-0.15, -0.1) is 0 Å². The van der Waals surface area contributed by atoms with Gasteiger partial charge in [-0.2, -0.15) is 20.7 Å². The van der Waals surface area contributed by atoms with E-state index >= 15 is 0 Å². The lowest BCUT2D eigenvalue weighted by atomic mass is 10.0. The molecule has 39 heavy (non-hydrogen) atoms. The van der Waals surface area contributed by atoms with Gasteiger partial charge in [0.25, 0.3) is 0 Å². The van der Waals surface area contributed by atoms with Gasteiger partial charge < -0.3 is 9.80 Å². The molecule has 3 aromatic rings. The highest BCUT2D eigenvalue weighted by atomic mass is 19.1. The first-order valence-corrected chi connectivity index (χ1v) is 12.3. The number of piperazine rings is 1. The molecule has 0 spiro atoms. The van der Waals surface area contributed by atoms with Gasteiger partial charge in [0.2, 0.25) is 5.95 Å². The second kappa shape index (κ2) is 10.5. The quantitative estimate of drug-likeness (QED) is 0.506. The number of halogens is 2. The van der Waals surface area contributed by atoms with Crippen LogP contribution in [0.4, 0.5) is 19.5 Å². The fraction of sp³-hybridized carbons (Fsp3) is 0.346. The molecule has 1 aromatic carbocycles. The van der Waals surface area contributed by atoms with Gasteiger partial charge in [-0.3, -0.25) is 4.68 Å². The van der Waals surface area contributed by atoms with E-state index in [0.717, 1.165) is 12.3 Å². The van der Waals surface area contributed by atoms with Crippen LogP contribution < -0.4 is 4.90 Å². The van der Waals surface area contributed by atoms with Crippen molar-refractivity contribution in [2.45, 2.75) is 32.9 Å². The number of rotatable bonds is 4. The molecule has 1 fully saturated rings. The van der Waals surface area contributed by atoms with E-state index in [0.29, 0.717) is 61.1 Å². The molecule has 0 aliphatic carbocycles. The van der Waals surface area contributed by atoms with Crippen LogP contribution in [0, 0.1) is 48.1 Å². The van der Waals surface area contributed by atoms with Crippen molar-refractivity contribution in [1.29, 1.82) is 10.5 Å². The lowest BCUT2D eigenvalue weighted by Gasteiger charge is -2.37. The van der Waals surface area contributed by atoms with Crippen LogP contribution in [0.2, 0.25) is 0 Å². The van der Waals surface area contributed by atoms with Crippen molar-refractivity contribution in [2.75, 3.05) is 31.1 Å². The summed E-state index contributed by atoms with van der Waals surface area (Å²) >= 11 is 0. The third kappa shape index (κ3) is 4.86. The maximum absolute atomic E-state index is 14.8.